The van der Waals surface area contributed by atoms with Gasteiger partial charge in [0.05, 0.1) is 20.3 Å². The highest BCUT2D eigenvalue weighted by Crippen LogP contribution is 2.01. The van der Waals surface area contributed by atoms with E-state index in [0.29, 0.717) is 19.6 Å². The van der Waals surface area contributed by atoms with Crippen LogP contribution in [0.25, 0.3) is 0 Å². The lowest BCUT2D eigenvalue weighted by Gasteiger charge is -2.15. The lowest BCUT2D eigenvalue weighted by Crippen LogP contribution is -2.43. The van der Waals surface area contributed by atoms with Crippen LogP contribution in [0.5, 0.6) is 0 Å². The van der Waals surface area contributed by atoms with E-state index in [1.165, 1.54) is 7.11 Å². The van der Waals surface area contributed by atoms with E-state index in [9.17, 15) is 9.59 Å². The maximum Gasteiger partial charge on any atom is 0.328 e. The molecule has 0 heterocycles. The van der Waals surface area contributed by atoms with Crippen molar-refractivity contribution in [2.24, 2.45) is 0 Å². The molecule has 0 unspecified atom stereocenters. The van der Waals surface area contributed by atoms with Gasteiger partial charge >= 0.3 is 5.97 Å². The third kappa shape index (κ3) is 9.21. The first-order chi connectivity index (χ1) is 9.01. The van der Waals surface area contributed by atoms with Crippen molar-refractivity contribution < 1.29 is 23.8 Å². The Hall–Kier alpha value is -1.40. The highest BCUT2D eigenvalue weighted by atomic mass is 16.5. The lowest BCUT2D eigenvalue weighted by molar-refractivity contribution is -0.145. The topological polar surface area (TPSA) is 73.9 Å². The molecule has 0 rings (SSSR count). The van der Waals surface area contributed by atoms with Gasteiger partial charge in [0.1, 0.15) is 12.6 Å². The molecule has 0 aromatic heterocycles. The molecule has 0 aromatic carbocycles. The van der Waals surface area contributed by atoms with Crippen LogP contribution in [0.1, 0.15) is 20.3 Å². The molecular weight excluding hydrogens is 250 g/mol. The minimum atomic E-state index is -0.682. The van der Waals surface area contributed by atoms with Gasteiger partial charge in [0, 0.05) is 7.11 Å². The smallest absolute Gasteiger partial charge is 0.328 e. The average Bonchev–Trinajstić information content (AvgIpc) is 2.38. The van der Waals surface area contributed by atoms with Gasteiger partial charge in [-0.3, -0.25) is 4.79 Å². The summed E-state index contributed by atoms with van der Waals surface area (Å²) in [6.45, 7) is 4.49. The number of hydrogen-bond donors (Lipinski definition) is 1. The second-order valence-corrected chi connectivity index (χ2v) is 4.21. The Kier molecular flexibility index (Phi) is 9.74. The Morgan fingerprint density at radius 1 is 1.21 bits per heavy atom. The SMILES string of the molecule is COCCOCC(=O)N[C@@H](CC=C(C)C)C(=O)OC. The van der Waals surface area contributed by atoms with Gasteiger partial charge in [-0.1, -0.05) is 11.6 Å². The van der Waals surface area contributed by atoms with Crippen molar-refractivity contribution in [1.82, 2.24) is 5.32 Å². The van der Waals surface area contributed by atoms with Gasteiger partial charge in [0.2, 0.25) is 5.91 Å². The summed E-state index contributed by atoms with van der Waals surface area (Å²) >= 11 is 0. The molecule has 0 aliphatic heterocycles. The van der Waals surface area contributed by atoms with Gasteiger partial charge in [-0.15, -0.1) is 0 Å². The van der Waals surface area contributed by atoms with Gasteiger partial charge < -0.3 is 19.5 Å². The fourth-order valence-corrected chi connectivity index (χ4v) is 1.25. The van der Waals surface area contributed by atoms with Crippen LogP contribution < -0.4 is 5.32 Å². The zero-order valence-electron chi connectivity index (χ0n) is 12.0. The second kappa shape index (κ2) is 10.5. The summed E-state index contributed by atoms with van der Waals surface area (Å²) < 4.78 is 14.5. The van der Waals surface area contributed by atoms with E-state index in [1.54, 1.807) is 7.11 Å². The van der Waals surface area contributed by atoms with Crippen LogP contribution >= 0.6 is 0 Å². The Morgan fingerprint density at radius 3 is 2.42 bits per heavy atom. The van der Waals surface area contributed by atoms with Crippen molar-refractivity contribution in [2.45, 2.75) is 26.3 Å². The maximum atomic E-state index is 11.6. The molecule has 110 valence electrons. The molecule has 1 N–H and O–H groups in total. The highest BCUT2D eigenvalue weighted by Gasteiger charge is 2.20. The normalized spacial score (nSPS) is 11.6. The molecule has 0 saturated carbocycles. The number of esters is 1. The number of nitrogens with one attached hydrogen (secondary N) is 1. The first kappa shape index (κ1) is 17.6. The number of allylic oxidation sites excluding steroid dienone is 1. The monoisotopic (exact) mass is 273 g/mol. The fourth-order valence-electron chi connectivity index (χ4n) is 1.25. The van der Waals surface area contributed by atoms with Gasteiger partial charge in [-0.05, 0) is 20.3 Å². The van der Waals surface area contributed by atoms with E-state index in [2.05, 4.69) is 10.1 Å². The van der Waals surface area contributed by atoms with Crippen LogP contribution in [0.15, 0.2) is 11.6 Å². The molecule has 0 radical (unpaired) electrons. The first-order valence-corrected chi connectivity index (χ1v) is 6.08. The van der Waals surface area contributed by atoms with Gasteiger partial charge in [-0.2, -0.15) is 0 Å². The molecule has 0 fully saturated rings. The second-order valence-electron chi connectivity index (χ2n) is 4.21. The molecule has 0 aromatic rings. The van der Waals surface area contributed by atoms with Crippen molar-refractivity contribution >= 4 is 11.9 Å². The van der Waals surface area contributed by atoms with Gasteiger partial charge in [0.25, 0.3) is 0 Å². The summed E-state index contributed by atoms with van der Waals surface area (Å²) in [4.78, 5) is 23.1. The van der Waals surface area contributed by atoms with Crippen molar-refractivity contribution in [1.29, 1.82) is 0 Å². The van der Waals surface area contributed by atoms with Crippen molar-refractivity contribution in [3.8, 4) is 0 Å². The molecule has 0 aliphatic carbocycles. The number of carbonyl (C=O) groups is 2. The molecule has 6 heteroatoms. The summed E-state index contributed by atoms with van der Waals surface area (Å²) in [5.74, 6) is -0.823. The summed E-state index contributed by atoms with van der Waals surface area (Å²) in [6.07, 6.45) is 2.27. The van der Waals surface area contributed by atoms with E-state index < -0.39 is 12.0 Å². The third-order valence-corrected chi connectivity index (χ3v) is 2.25. The number of methoxy groups -OCH3 is 2. The Morgan fingerprint density at radius 2 is 1.89 bits per heavy atom. The van der Waals surface area contributed by atoms with Gasteiger partial charge in [-0.25, -0.2) is 4.79 Å². The van der Waals surface area contributed by atoms with E-state index in [0.717, 1.165) is 5.57 Å². The largest absolute Gasteiger partial charge is 0.467 e. The lowest BCUT2D eigenvalue weighted by atomic mass is 10.1. The average molecular weight is 273 g/mol. The minimum absolute atomic E-state index is 0.105. The molecule has 0 spiro atoms. The standard InChI is InChI=1S/C13H23NO5/c1-10(2)5-6-11(13(16)18-4)14-12(15)9-19-8-7-17-3/h5,11H,6-9H2,1-4H3,(H,14,15)/t11-/m0/s1. The van der Waals surface area contributed by atoms with Crippen LogP contribution in [-0.4, -0.2) is 52.0 Å². The Balaban J connectivity index is 4.19. The quantitative estimate of drug-likeness (QED) is 0.379. The fraction of sp³-hybridized carbons (Fsp3) is 0.692. The number of rotatable bonds is 9. The summed E-state index contributed by atoms with van der Waals surface area (Å²) in [7, 11) is 2.84. The number of ether oxygens (including phenoxy) is 3. The maximum absolute atomic E-state index is 11.6. The molecule has 1 amide bonds. The van der Waals surface area contributed by atoms with Crippen molar-refractivity contribution in [3.63, 3.8) is 0 Å². The third-order valence-electron chi connectivity index (χ3n) is 2.25. The Bertz CT molecular complexity index is 310. The van der Waals surface area contributed by atoms with Crippen molar-refractivity contribution in [3.05, 3.63) is 11.6 Å². The summed E-state index contributed by atoms with van der Waals surface area (Å²) in [5, 5.41) is 2.58. The summed E-state index contributed by atoms with van der Waals surface area (Å²) in [5.41, 5.74) is 1.07. The molecule has 0 bridgehead atoms. The zero-order valence-corrected chi connectivity index (χ0v) is 12.0. The predicted molar refractivity (Wildman–Crippen MR) is 70.7 cm³/mol. The van der Waals surface area contributed by atoms with Crippen LogP contribution in [0.2, 0.25) is 0 Å². The number of hydrogen-bond acceptors (Lipinski definition) is 5. The predicted octanol–water partition coefficient (Wildman–Crippen LogP) is 0.663. The van der Waals surface area contributed by atoms with Crippen molar-refractivity contribution in [2.75, 3.05) is 34.0 Å². The van der Waals surface area contributed by atoms with E-state index in [1.807, 2.05) is 19.9 Å². The number of amides is 1. The minimum Gasteiger partial charge on any atom is -0.467 e. The highest BCUT2D eigenvalue weighted by molar-refractivity contribution is 5.85. The number of carbonyl (C=O) groups excluding carboxylic acids is 2. The summed E-state index contributed by atoms with van der Waals surface area (Å²) in [6, 6.07) is -0.682. The molecule has 0 saturated heterocycles. The van der Waals surface area contributed by atoms with Crippen LogP contribution in [0.3, 0.4) is 0 Å². The van der Waals surface area contributed by atoms with Gasteiger partial charge in [0.15, 0.2) is 0 Å². The van der Waals surface area contributed by atoms with E-state index >= 15 is 0 Å². The zero-order chi connectivity index (χ0) is 14.7. The molecule has 6 nitrogen and oxygen atoms in total. The van der Waals surface area contributed by atoms with E-state index in [4.69, 9.17) is 9.47 Å². The van der Waals surface area contributed by atoms with Crippen LogP contribution in [0.4, 0.5) is 0 Å². The molecular formula is C13H23NO5. The van der Waals surface area contributed by atoms with E-state index in [-0.39, 0.29) is 12.5 Å². The van der Waals surface area contributed by atoms with Crippen LogP contribution in [0, 0.1) is 0 Å². The van der Waals surface area contributed by atoms with Crippen LogP contribution in [-0.2, 0) is 23.8 Å². The Labute approximate surface area is 114 Å². The first-order valence-electron chi connectivity index (χ1n) is 6.08. The molecule has 0 aliphatic rings. The molecule has 19 heavy (non-hydrogen) atoms. The molecule has 1 atom stereocenters.